The van der Waals surface area contributed by atoms with Crippen LogP contribution in [0.1, 0.15) is 18.5 Å². The summed E-state index contributed by atoms with van der Waals surface area (Å²) in [5.74, 6) is 1.63. The molecule has 1 N–H and O–H groups in total. The summed E-state index contributed by atoms with van der Waals surface area (Å²) in [5, 5.41) is 3.19. The van der Waals surface area contributed by atoms with Gasteiger partial charge in [0.05, 0.1) is 0 Å². The molecule has 0 aliphatic carbocycles. The van der Waals surface area contributed by atoms with E-state index in [0.29, 0.717) is 12.8 Å². The zero-order chi connectivity index (χ0) is 10.1. The van der Waals surface area contributed by atoms with Gasteiger partial charge < -0.3 is 14.8 Å². The lowest BCUT2D eigenvalue weighted by atomic mass is 10.1. The maximum atomic E-state index is 5.32. The van der Waals surface area contributed by atoms with Gasteiger partial charge in [0.2, 0.25) is 6.79 Å². The number of nitrogens with one attached hydrogen (secondary N) is 1. The van der Waals surface area contributed by atoms with Crippen LogP contribution >= 0.6 is 15.9 Å². The molecule has 1 aromatic carbocycles. The minimum absolute atomic E-state index is 0.291. The van der Waals surface area contributed by atoms with E-state index in [4.69, 9.17) is 9.47 Å². The summed E-state index contributed by atoms with van der Waals surface area (Å²) in [7, 11) is 1.93. The molecule has 1 aromatic rings. The zero-order valence-corrected chi connectivity index (χ0v) is 9.72. The molecule has 0 aromatic heterocycles. The highest BCUT2D eigenvalue weighted by molar-refractivity contribution is 9.10. The molecule has 2 rings (SSSR count). The van der Waals surface area contributed by atoms with Crippen molar-refractivity contribution in [3.05, 3.63) is 22.2 Å². The lowest BCUT2D eigenvalue weighted by Crippen LogP contribution is -2.12. The molecular formula is C10H12BrNO2. The Hall–Kier alpha value is -0.740. The van der Waals surface area contributed by atoms with Gasteiger partial charge in [-0.25, -0.2) is 0 Å². The van der Waals surface area contributed by atoms with Crippen LogP contribution in [0, 0.1) is 0 Å². The molecule has 0 radical (unpaired) electrons. The van der Waals surface area contributed by atoms with Crippen molar-refractivity contribution in [2.24, 2.45) is 0 Å². The lowest BCUT2D eigenvalue weighted by Gasteiger charge is -2.13. The molecule has 0 spiro atoms. The molecule has 76 valence electrons. The summed E-state index contributed by atoms with van der Waals surface area (Å²) in [5.41, 5.74) is 1.18. The topological polar surface area (TPSA) is 30.5 Å². The number of halogens is 1. The van der Waals surface area contributed by atoms with Crippen molar-refractivity contribution in [1.82, 2.24) is 5.32 Å². The third kappa shape index (κ3) is 1.60. The fourth-order valence-electron chi connectivity index (χ4n) is 1.42. The molecule has 3 nitrogen and oxygen atoms in total. The summed E-state index contributed by atoms with van der Waals surface area (Å²) in [6.45, 7) is 2.42. The van der Waals surface area contributed by atoms with Crippen LogP contribution in [0.25, 0.3) is 0 Å². The second kappa shape index (κ2) is 3.79. The van der Waals surface area contributed by atoms with Crippen molar-refractivity contribution in [3.63, 3.8) is 0 Å². The first kappa shape index (κ1) is 9.80. The first-order valence-electron chi connectivity index (χ1n) is 4.48. The van der Waals surface area contributed by atoms with E-state index in [-0.39, 0.29) is 0 Å². The molecule has 14 heavy (non-hydrogen) atoms. The molecule has 0 fully saturated rings. The number of rotatable bonds is 2. The van der Waals surface area contributed by atoms with Crippen LogP contribution < -0.4 is 14.8 Å². The van der Waals surface area contributed by atoms with Gasteiger partial charge >= 0.3 is 0 Å². The molecule has 1 heterocycles. The Labute approximate surface area is 91.5 Å². The zero-order valence-electron chi connectivity index (χ0n) is 8.13. The summed E-state index contributed by atoms with van der Waals surface area (Å²) < 4.78 is 11.6. The first-order chi connectivity index (χ1) is 6.72. The van der Waals surface area contributed by atoms with E-state index in [9.17, 15) is 0 Å². The van der Waals surface area contributed by atoms with Crippen LogP contribution in [0.15, 0.2) is 16.6 Å². The van der Waals surface area contributed by atoms with Crippen molar-refractivity contribution in [1.29, 1.82) is 0 Å². The summed E-state index contributed by atoms with van der Waals surface area (Å²) in [6, 6.07) is 4.25. The van der Waals surface area contributed by atoms with Crippen molar-refractivity contribution in [2.45, 2.75) is 13.0 Å². The minimum atomic E-state index is 0.291. The van der Waals surface area contributed by atoms with Crippen molar-refractivity contribution < 1.29 is 9.47 Å². The van der Waals surface area contributed by atoms with Gasteiger partial charge in [-0.15, -0.1) is 0 Å². The summed E-state index contributed by atoms with van der Waals surface area (Å²) >= 11 is 3.52. The molecule has 0 bridgehead atoms. The third-order valence-corrected chi connectivity index (χ3v) is 3.08. The van der Waals surface area contributed by atoms with Gasteiger partial charge in [-0.2, -0.15) is 0 Å². The van der Waals surface area contributed by atoms with Gasteiger partial charge in [0.15, 0.2) is 11.5 Å². The van der Waals surface area contributed by atoms with Crippen LogP contribution in [0.4, 0.5) is 0 Å². The average molecular weight is 258 g/mol. The Morgan fingerprint density at radius 3 is 2.64 bits per heavy atom. The van der Waals surface area contributed by atoms with Gasteiger partial charge in [-0.05, 0) is 31.7 Å². The maximum absolute atomic E-state index is 5.32. The molecule has 1 unspecified atom stereocenters. The molecular weight excluding hydrogens is 246 g/mol. The highest BCUT2D eigenvalue weighted by Gasteiger charge is 2.18. The van der Waals surface area contributed by atoms with Crippen LogP contribution in [0.3, 0.4) is 0 Å². The summed E-state index contributed by atoms with van der Waals surface area (Å²) in [4.78, 5) is 0. The Morgan fingerprint density at radius 2 is 2.00 bits per heavy atom. The van der Waals surface area contributed by atoms with E-state index in [1.807, 2.05) is 19.2 Å². The second-order valence-corrected chi connectivity index (χ2v) is 4.09. The predicted molar refractivity (Wildman–Crippen MR) is 57.7 cm³/mol. The lowest BCUT2D eigenvalue weighted by molar-refractivity contribution is 0.174. The molecule has 0 saturated heterocycles. The normalized spacial score (nSPS) is 15.6. The Balaban J connectivity index is 2.42. The van der Waals surface area contributed by atoms with Crippen molar-refractivity contribution in [2.75, 3.05) is 13.8 Å². The Kier molecular flexibility index (Phi) is 2.65. The van der Waals surface area contributed by atoms with Crippen LogP contribution in [-0.2, 0) is 0 Å². The van der Waals surface area contributed by atoms with Gasteiger partial charge in [0.1, 0.15) is 0 Å². The minimum Gasteiger partial charge on any atom is -0.454 e. The second-order valence-electron chi connectivity index (χ2n) is 3.24. The quantitative estimate of drug-likeness (QED) is 0.883. The fourth-order valence-corrected chi connectivity index (χ4v) is 2.09. The van der Waals surface area contributed by atoms with Gasteiger partial charge in [-0.1, -0.05) is 15.9 Å². The van der Waals surface area contributed by atoms with E-state index >= 15 is 0 Å². The van der Waals surface area contributed by atoms with E-state index in [2.05, 4.69) is 28.2 Å². The average Bonchev–Trinajstić information content (AvgIpc) is 2.62. The number of ether oxygens (including phenoxy) is 2. The van der Waals surface area contributed by atoms with E-state index in [0.717, 1.165) is 16.0 Å². The Morgan fingerprint density at radius 1 is 1.36 bits per heavy atom. The maximum Gasteiger partial charge on any atom is 0.231 e. The van der Waals surface area contributed by atoms with Crippen LogP contribution in [-0.4, -0.2) is 13.8 Å². The van der Waals surface area contributed by atoms with Gasteiger partial charge in [-0.3, -0.25) is 0 Å². The molecule has 0 amide bonds. The molecule has 1 atom stereocenters. The first-order valence-corrected chi connectivity index (χ1v) is 5.28. The number of benzene rings is 1. The summed E-state index contributed by atoms with van der Waals surface area (Å²) in [6.07, 6.45) is 0. The van der Waals surface area contributed by atoms with Crippen LogP contribution in [0.2, 0.25) is 0 Å². The smallest absolute Gasteiger partial charge is 0.231 e. The van der Waals surface area contributed by atoms with E-state index in [1.54, 1.807) is 0 Å². The molecule has 1 aliphatic rings. The highest BCUT2D eigenvalue weighted by Crippen LogP contribution is 2.38. The SMILES string of the molecule is CNC(C)c1cc2c(cc1Br)OCO2. The van der Waals surface area contributed by atoms with Crippen molar-refractivity contribution in [3.8, 4) is 11.5 Å². The molecule has 4 heteroatoms. The molecule has 0 saturated carbocycles. The van der Waals surface area contributed by atoms with E-state index < -0.39 is 0 Å². The monoisotopic (exact) mass is 257 g/mol. The van der Waals surface area contributed by atoms with Crippen LogP contribution in [0.5, 0.6) is 11.5 Å². The predicted octanol–water partition coefficient (Wildman–Crippen LogP) is 2.46. The third-order valence-electron chi connectivity index (χ3n) is 2.39. The number of hydrogen-bond acceptors (Lipinski definition) is 3. The standard InChI is InChI=1S/C10H12BrNO2/c1-6(12-2)7-3-9-10(4-8(7)11)14-5-13-9/h3-4,6,12H,5H2,1-2H3. The fraction of sp³-hybridized carbons (Fsp3) is 0.400. The number of fused-ring (bicyclic) bond motifs is 1. The number of hydrogen-bond donors (Lipinski definition) is 1. The Bertz CT molecular complexity index is 354. The van der Waals surface area contributed by atoms with Crippen molar-refractivity contribution >= 4 is 15.9 Å². The van der Waals surface area contributed by atoms with Gasteiger partial charge in [0.25, 0.3) is 0 Å². The van der Waals surface area contributed by atoms with Gasteiger partial charge in [0, 0.05) is 10.5 Å². The largest absolute Gasteiger partial charge is 0.454 e. The molecule has 1 aliphatic heterocycles. The highest BCUT2D eigenvalue weighted by atomic mass is 79.9. The van der Waals surface area contributed by atoms with E-state index in [1.165, 1.54) is 5.56 Å².